The van der Waals surface area contributed by atoms with Crippen molar-refractivity contribution >= 4 is 11.9 Å². The first-order chi connectivity index (χ1) is 5.11. The zero-order valence-electron chi connectivity index (χ0n) is 5.78. The molecule has 0 aliphatic carbocycles. The smallest absolute Gasteiger partial charge is 0.127 e. The maximum atomic E-state index is 10.2. The first-order valence-electron chi connectivity index (χ1n) is 3.36. The highest BCUT2D eigenvalue weighted by Gasteiger charge is 2.29. The van der Waals surface area contributed by atoms with Gasteiger partial charge in [0, 0.05) is 6.42 Å². The van der Waals surface area contributed by atoms with Crippen LogP contribution >= 0.6 is 0 Å². The third-order valence-electron chi connectivity index (χ3n) is 1.88. The molecule has 1 saturated heterocycles. The van der Waals surface area contributed by atoms with Crippen molar-refractivity contribution in [1.82, 2.24) is 0 Å². The van der Waals surface area contributed by atoms with Crippen molar-refractivity contribution < 1.29 is 25.1 Å². The van der Waals surface area contributed by atoms with E-state index in [4.69, 9.17) is 0 Å². The van der Waals surface area contributed by atoms with Crippen LogP contribution in [0.1, 0.15) is 6.42 Å². The Morgan fingerprint density at radius 1 is 1.27 bits per heavy atom. The molecule has 11 heavy (non-hydrogen) atoms. The summed E-state index contributed by atoms with van der Waals surface area (Å²) < 4.78 is 0. The van der Waals surface area contributed by atoms with Crippen LogP contribution in [0.15, 0.2) is 0 Å². The Balaban J connectivity index is 2.47. The predicted octanol–water partition coefficient (Wildman–Crippen LogP) is -4.56. The highest BCUT2D eigenvalue weighted by molar-refractivity contribution is 5.73. The van der Waals surface area contributed by atoms with Gasteiger partial charge in [-0.15, -0.1) is 0 Å². The van der Waals surface area contributed by atoms with E-state index in [1.807, 2.05) is 0 Å². The quantitative estimate of drug-likeness (QED) is 0.437. The van der Waals surface area contributed by atoms with Gasteiger partial charge in [-0.2, -0.15) is 0 Å². The number of hydrogen-bond donors (Lipinski definition) is 1. The third kappa shape index (κ3) is 1.68. The zero-order chi connectivity index (χ0) is 8.43. The first-order valence-corrected chi connectivity index (χ1v) is 3.36. The largest absolute Gasteiger partial charge is 0.550 e. The van der Waals surface area contributed by atoms with Gasteiger partial charge in [-0.25, -0.2) is 0 Å². The van der Waals surface area contributed by atoms with Gasteiger partial charge in [-0.05, 0) is 0 Å². The fourth-order valence-electron chi connectivity index (χ4n) is 1.21. The summed E-state index contributed by atoms with van der Waals surface area (Å²) >= 11 is 0. The zero-order valence-corrected chi connectivity index (χ0v) is 5.78. The van der Waals surface area contributed by atoms with Crippen LogP contribution in [-0.2, 0) is 9.59 Å². The van der Waals surface area contributed by atoms with Gasteiger partial charge in [0.1, 0.15) is 6.04 Å². The van der Waals surface area contributed by atoms with E-state index < -0.39 is 23.9 Å². The molecule has 1 rings (SSSR count). The van der Waals surface area contributed by atoms with E-state index in [1.54, 1.807) is 0 Å². The van der Waals surface area contributed by atoms with E-state index in [0.717, 1.165) is 0 Å². The lowest BCUT2D eigenvalue weighted by Gasteiger charge is -2.07. The van der Waals surface area contributed by atoms with Crippen molar-refractivity contribution in [2.24, 2.45) is 5.92 Å². The average molecular weight is 158 g/mol. The molecular weight excluding hydrogens is 150 g/mol. The lowest BCUT2D eigenvalue weighted by Crippen LogP contribution is -2.90. The summed E-state index contributed by atoms with van der Waals surface area (Å²) in [4.78, 5) is 20.4. The molecule has 5 heteroatoms. The Morgan fingerprint density at radius 3 is 2.18 bits per heavy atom. The number of nitrogens with two attached hydrogens (primary N) is 1. The van der Waals surface area contributed by atoms with Crippen LogP contribution in [0.4, 0.5) is 0 Å². The van der Waals surface area contributed by atoms with Gasteiger partial charge in [0.05, 0.1) is 24.4 Å². The molecule has 0 aromatic rings. The van der Waals surface area contributed by atoms with E-state index >= 15 is 0 Å². The first kappa shape index (κ1) is 8.00. The number of hydrogen-bond acceptors (Lipinski definition) is 4. The van der Waals surface area contributed by atoms with Gasteiger partial charge in [-0.3, -0.25) is 0 Å². The molecule has 1 aliphatic rings. The minimum atomic E-state index is -1.20. The second-order valence-corrected chi connectivity index (χ2v) is 2.65. The van der Waals surface area contributed by atoms with Gasteiger partial charge >= 0.3 is 0 Å². The van der Waals surface area contributed by atoms with E-state index in [9.17, 15) is 19.8 Å². The number of carboxylic acid groups (broad SMARTS) is 2. The topological polar surface area (TPSA) is 96.9 Å². The molecule has 0 bridgehead atoms. The van der Waals surface area contributed by atoms with Gasteiger partial charge in [-0.1, -0.05) is 0 Å². The van der Waals surface area contributed by atoms with Crippen molar-refractivity contribution in [1.29, 1.82) is 0 Å². The number of carbonyl (C=O) groups is 2. The summed E-state index contributed by atoms with van der Waals surface area (Å²) in [5.74, 6) is -3.02. The van der Waals surface area contributed by atoms with Crippen molar-refractivity contribution in [2.45, 2.75) is 12.5 Å². The molecule has 2 N–H and O–H groups in total. The highest BCUT2D eigenvalue weighted by Crippen LogP contribution is 2.05. The minimum Gasteiger partial charge on any atom is -0.550 e. The molecule has 1 fully saturated rings. The molecule has 2 atom stereocenters. The van der Waals surface area contributed by atoms with Crippen LogP contribution < -0.4 is 15.5 Å². The molecule has 0 aromatic carbocycles. The number of aliphatic carboxylic acids is 2. The monoisotopic (exact) mass is 158 g/mol. The molecule has 0 radical (unpaired) electrons. The molecule has 0 spiro atoms. The molecule has 62 valence electrons. The Kier molecular flexibility index (Phi) is 2.09. The Morgan fingerprint density at radius 2 is 1.91 bits per heavy atom. The van der Waals surface area contributed by atoms with Crippen molar-refractivity contribution in [3.8, 4) is 0 Å². The van der Waals surface area contributed by atoms with Gasteiger partial charge in [0.25, 0.3) is 0 Å². The van der Waals surface area contributed by atoms with Crippen LogP contribution in [-0.4, -0.2) is 24.5 Å². The lowest BCUT2D eigenvalue weighted by molar-refractivity contribution is -0.666. The standard InChI is InChI=1S/C6H9NO4/c8-5(9)3-1-4(6(10)11)7-2-3/h3-4,7H,1-2H2,(H,8,9)(H,10,11)/p-1/t3-,4+/m1/s1. The van der Waals surface area contributed by atoms with Gasteiger partial charge in [0.15, 0.2) is 0 Å². The summed E-state index contributed by atoms with van der Waals surface area (Å²) in [7, 11) is 0. The number of quaternary nitrogens is 1. The minimum absolute atomic E-state index is 0.116. The number of carbonyl (C=O) groups excluding carboxylic acids is 2. The summed E-state index contributed by atoms with van der Waals surface area (Å²) in [6.45, 7) is 0.279. The second kappa shape index (κ2) is 2.87. The van der Waals surface area contributed by atoms with E-state index in [0.29, 0.717) is 0 Å². The van der Waals surface area contributed by atoms with E-state index in [2.05, 4.69) is 0 Å². The highest BCUT2D eigenvalue weighted by atomic mass is 16.4. The molecule has 5 nitrogen and oxygen atoms in total. The summed E-state index contributed by atoms with van der Waals surface area (Å²) in [5.41, 5.74) is 0. The summed E-state index contributed by atoms with van der Waals surface area (Å²) in [5, 5.41) is 21.9. The molecule has 1 heterocycles. The fourth-order valence-corrected chi connectivity index (χ4v) is 1.21. The predicted molar refractivity (Wildman–Crippen MR) is 28.7 cm³/mol. The maximum Gasteiger partial charge on any atom is 0.127 e. The van der Waals surface area contributed by atoms with Crippen LogP contribution in [0.25, 0.3) is 0 Å². The van der Waals surface area contributed by atoms with Crippen LogP contribution in [0.5, 0.6) is 0 Å². The second-order valence-electron chi connectivity index (χ2n) is 2.65. The Hall–Kier alpha value is -1.10. The molecular formula is C6H8NO4-. The molecule has 1 aliphatic heterocycles. The number of rotatable bonds is 2. The van der Waals surface area contributed by atoms with E-state index in [-0.39, 0.29) is 13.0 Å². The van der Waals surface area contributed by atoms with Gasteiger partial charge < -0.3 is 25.1 Å². The van der Waals surface area contributed by atoms with Crippen LogP contribution in [0, 0.1) is 5.92 Å². The van der Waals surface area contributed by atoms with Crippen LogP contribution in [0.2, 0.25) is 0 Å². The maximum absolute atomic E-state index is 10.2. The third-order valence-corrected chi connectivity index (χ3v) is 1.88. The molecule has 0 unspecified atom stereocenters. The SMILES string of the molecule is O=C([O-])[C@H]1C[NH2+][C@H](C(=O)[O-])C1. The fraction of sp³-hybridized carbons (Fsp3) is 0.667. The average Bonchev–Trinajstić information content (AvgIpc) is 2.33. The van der Waals surface area contributed by atoms with Crippen molar-refractivity contribution in [3.05, 3.63) is 0 Å². The Labute approximate surface area is 63.0 Å². The van der Waals surface area contributed by atoms with E-state index in [1.165, 1.54) is 5.32 Å². The number of carboxylic acids is 2. The van der Waals surface area contributed by atoms with Crippen molar-refractivity contribution in [2.75, 3.05) is 6.54 Å². The lowest BCUT2D eigenvalue weighted by atomic mass is 10.1. The Bertz CT molecular complexity index is 171. The van der Waals surface area contributed by atoms with Crippen LogP contribution in [0.3, 0.4) is 0 Å². The van der Waals surface area contributed by atoms with Crippen molar-refractivity contribution in [3.63, 3.8) is 0 Å². The molecule has 0 aromatic heterocycles. The molecule has 0 amide bonds. The molecule has 0 saturated carbocycles. The summed E-state index contributed by atoms with van der Waals surface area (Å²) in [6, 6.07) is -0.710. The summed E-state index contributed by atoms with van der Waals surface area (Å²) in [6.07, 6.45) is 0.116. The normalized spacial score (nSPS) is 30.2. The van der Waals surface area contributed by atoms with Gasteiger partial charge in [0.2, 0.25) is 0 Å².